The van der Waals surface area contributed by atoms with Gasteiger partial charge in [0.25, 0.3) is 11.8 Å². The van der Waals surface area contributed by atoms with Crippen LogP contribution in [0, 0.1) is 57.2 Å². The quantitative estimate of drug-likeness (QED) is 0.0711. The number of nitrogens with two attached hydrogens (primary N) is 2. The molecule has 0 aromatic heterocycles. The second-order valence-electron chi connectivity index (χ2n) is 29.1. The van der Waals surface area contributed by atoms with Gasteiger partial charge in [-0.05, 0) is 103 Å². The maximum Gasteiger partial charge on any atom is 0.315 e. The Bertz CT molecular complexity index is 2620. The first kappa shape index (κ1) is 66.0. The van der Waals surface area contributed by atoms with Crippen molar-refractivity contribution in [2.24, 2.45) is 68.6 Å². The molecular formula is C61H96N10O12. The Morgan fingerprint density at radius 1 is 0.590 bits per heavy atom. The molecule has 4 saturated carbocycles. The Morgan fingerprint density at radius 3 is 1.29 bits per heavy atom. The van der Waals surface area contributed by atoms with Crippen LogP contribution in [-0.4, -0.2) is 148 Å². The number of fused-ring (bicyclic) bond motifs is 2. The second kappa shape index (κ2) is 25.2. The van der Waals surface area contributed by atoms with Crippen LogP contribution in [-0.2, 0) is 49.7 Å². The van der Waals surface area contributed by atoms with Crippen LogP contribution in [0.2, 0.25) is 0 Å². The van der Waals surface area contributed by atoms with Crippen molar-refractivity contribution in [3.63, 3.8) is 0 Å². The average Bonchev–Trinajstić information content (AvgIpc) is 1.71. The number of carbonyl (C=O) groups is 10. The van der Waals surface area contributed by atoms with E-state index in [0.29, 0.717) is 32.5 Å². The van der Waals surface area contributed by atoms with Gasteiger partial charge in [-0.2, -0.15) is 0 Å². The van der Waals surface area contributed by atoms with Crippen molar-refractivity contribution in [2.45, 2.75) is 202 Å². The van der Waals surface area contributed by atoms with E-state index in [1.807, 2.05) is 85.7 Å². The van der Waals surface area contributed by atoms with E-state index in [1.165, 1.54) is 4.90 Å². The zero-order valence-electron chi connectivity index (χ0n) is 51.5. The number of carbonyl (C=O) groups excluding carboxylic acids is 10. The Morgan fingerprint density at radius 2 is 0.964 bits per heavy atom. The lowest BCUT2D eigenvalue weighted by molar-refractivity contribution is -0.145. The lowest BCUT2D eigenvalue weighted by atomic mass is 9.80. The van der Waals surface area contributed by atoms with Gasteiger partial charge in [-0.15, -0.1) is 0 Å². The lowest BCUT2D eigenvalue weighted by Gasteiger charge is -2.38. The van der Waals surface area contributed by atoms with E-state index in [4.69, 9.17) is 16.2 Å². The second-order valence-corrected chi connectivity index (χ2v) is 29.1. The Kier molecular flexibility index (Phi) is 20.0. The summed E-state index contributed by atoms with van der Waals surface area (Å²) in [4.78, 5) is 134. The third kappa shape index (κ3) is 15.8. The topological polar surface area (TPSA) is 331 Å². The molecule has 1 aromatic rings. The van der Waals surface area contributed by atoms with Crippen molar-refractivity contribution in [3.05, 3.63) is 35.9 Å². The van der Waals surface area contributed by atoms with Gasteiger partial charge in [0.1, 0.15) is 24.2 Å². The van der Waals surface area contributed by atoms with E-state index in [0.717, 1.165) is 44.1 Å². The molecule has 6 fully saturated rings. The van der Waals surface area contributed by atoms with Gasteiger partial charge in [0.15, 0.2) is 0 Å². The van der Waals surface area contributed by atoms with Crippen LogP contribution in [0.1, 0.15) is 154 Å². The lowest BCUT2D eigenvalue weighted by Crippen LogP contribution is -2.62. The number of Topliss-reactive ketones (excluding diaryl/α,β-unsaturated/α-hetero) is 2. The smallest absolute Gasteiger partial charge is 0.315 e. The van der Waals surface area contributed by atoms with Gasteiger partial charge < -0.3 is 63.0 Å². The van der Waals surface area contributed by atoms with Crippen LogP contribution in [0.15, 0.2) is 30.3 Å². The number of nitrogens with zero attached hydrogens (tertiary/aromatic N) is 2. The van der Waals surface area contributed by atoms with Gasteiger partial charge in [-0.25, -0.2) is 9.59 Å². The third-order valence-electron chi connectivity index (χ3n) is 18.5. The minimum atomic E-state index is -1.09. The van der Waals surface area contributed by atoms with E-state index in [2.05, 4.69) is 59.6 Å². The number of primary amides is 2. The maximum atomic E-state index is 14.2. The molecule has 10 atom stereocenters. The zero-order chi connectivity index (χ0) is 62.1. The van der Waals surface area contributed by atoms with Crippen LogP contribution >= 0.6 is 0 Å². The molecule has 0 radical (unpaired) electrons. The summed E-state index contributed by atoms with van der Waals surface area (Å²) in [6.07, 6.45) is 6.51. The van der Waals surface area contributed by atoms with E-state index < -0.39 is 111 Å². The fraction of sp³-hybridized carbons (Fsp3) is 0.738. The van der Waals surface area contributed by atoms with Gasteiger partial charge in [-0.1, -0.05) is 138 Å². The van der Waals surface area contributed by atoms with Crippen molar-refractivity contribution in [2.75, 3.05) is 26.3 Å². The molecule has 83 heavy (non-hydrogen) atoms. The molecule has 6 aliphatic rings. The molecule has 22 heteroatoms. The number of benzene rings is 1. The number of amides is 10. The van der Waals surface area contributed by atoms with Crippen LogP contribution < -0.4 is 43.4 Å². The van der Waals surface area contributed by atoms with E-state index in [1.54, 1.807) is 18.7 Å². The molecule has 11 N–H and O–H groups in total. The maximum absolute atomic E-state index is 14.2. The molecule has 10 amide bonds. The standard InChI is InChI=1S/C34H51N5O6.C27H45N5O6/c1-32(2,3)27(37-31(44)38-33(4,5)19-45-18-21-12-9-8-10-13-21)30(43)39-17-22-24(34(22,6)7)25(39)29(42)36-23(26(40)28(35)41)16-20-14-11-15-20;1-25(2,3)20(30-24(38)31-26(4,5)13-33)23(37)32-12-15-17(27(15,6)7)18(32)22(36)29-16(19(34)21(28)35)11-14-9-8-10-14/h8-10,12-13,20,22-25,27H,11,14-19H2,1-7H3,(H2,35,41)(H,36,42)(H2,37,38,44);14-18,20,33H,8-13H2,1-7H3,(H2,28,35)(H,29,36)(H2,30,31,38)/t22?,23?,24?,25-,27+;15?,16?,17?,18-,20+/m00/s1. The van der Waals surface area contributed by atoms with E-state index in [-0.39, 0.29) is 65.5 Å². The normalized spacial score (nSPS) is 24.7. The first-order chi connectivity index (χ1) is 38.3. The van der Waals surface area contributed by atoms with Gasteiger partial charge in [-0.3, -0.25) is 38.4 Å². The van der Waals surface area contributed by atoms with Crippen molar-refractivity contribution in [1.82, 2.24) is 41.7 Å². The summed E-state index contributed by atoms with van der Waals surface area (Å²) in [6.45, 7) is 27.4. The first-order valence-electron chi connectivity index (χ1n) is 29.6. The molecule has 7 rings (SSSR count). The fourth-order valence-electron chi connectivity index (χ4n) is 12.7. The highest BCUT2D eigenvalue weighted by molar-refractivity contribution is 6.38. The predicted molar refractivity (Wildman–Crippen MR) is 310 cm³/mol. The molecular weight excluding hydrogens is 1060 g/mol. The number of rotatable bonds is 23. The average molecular weight is 1160 g/mol. The highest BCUT2D eigenvalue weighted by Gasteiger charge is 2.71. The monoisotopic (exact) mass is 1160 g/mol. The Balaban J connectivity index is 0.000000271. The summed E-state index contributed by atoms with van der Waals surface area (Å²) in [7, 11) is 0. The van der Waals surface area contributed by atoms with Gasteiger partial charge >= 0.3 is 12.1 Å². The van der Waals surface area contributed by atoms with Crippen LogP contribution in [0.3, 0.4) is 0 Å². The number of likely N-dealkylation sites (tertiary alicyclic amines) is 2. The molecule has 22 nitrogen and oxygen atoms in total. The number of piperidine rings is 2. The van der Waals surface area contributed by atoms with E-state index >= 15 is 0 Å². The third-order valence-corrected chi connectivity index (χ3v) is 18.5. The molecule has 2 aliphatic heterocycles. The SMILES string of the molecule is CC(C)(CO)NC(=O)N[C@H](C(=O)N1CC2C([C@H]1C(=O)NC(CC1CCC1)C(=O)C(N)=O)C2(C)C)C(C)(C)C.CC(C)(COCc1ccccc1)NC(=O)N[C@H](C(=O)N1CC2C([C@H]1C(=O)NC(CC1CCC1)C(=O)C(N)=O)C2(C)C)C(C)(C)C. The summed E-state index contributed by atoms with van der Waals surface area (Å²) < 4.78 is 5.85. The number of aliphatic hydroxyl groups is 1. The van der Waals surface area contributed by atoms with E-state index in [9.17, 15) is 53.1 Å². The summed E-state index contributed by atoms with van der Waals surface area (Å²) in [5.41, 5.74) is 8.32. The number of hydrogen-bond donors (Lipinski definition) is 9. The highest BCUT2D eigenvalue weighted by atomic mass is 16.5. The summed E-state index contributed by atoms with van der Waals surface area (Å²) in [5.74, 6) is -5.06. The minimum Gasteiger partial charge on any atom is -0.394 e. The Labute approximate surface area is 489 Å². The number of urea groups is 2. The largest absolute Gasteiger partial charge is 0.394 e. The molecule has 0 spiro atoms. The van der Waals surface area contributed by atoms with Gasteiger partial charge in [0.2, 0.25) is 35.2 Å². The van der Waals surface area contributed by atoms with Crippen LogP contribution in [0.4, 0.5) is 9.59 Å². The number of ether oxygens (including phenoxy) is 1. The number of aliphatic hydroxyl groups excluding tert-OH is 1. The molecule has 462 valence electrons. The molecule has 1 aromatic carbocycles. The molecule has 4 aliphatic carbocycles. The fourth-order valence-corrected chi connectivity index (χ4v) is 12.7. The van der Waals surface area contributed by atoms with Crippen LogP contribution in [0.25, 0.3) is 0 Å². The van der Waals surface area contributed by atoms with Crippen LogP contribution in [0.5, 0.6) is 0 Å². The molecule has 2 saturated heterocycles. The van der Waals surface area contributed by atoms with Gasteiger partial charge in [0, 0.05) is 13.1 Å². The molecule has 2 heterocycles. The molecule has 0 bridgehead atoms. The number of hydrogen-bond acceptors (Lipinski definition) is 12. The highest BCUT2D eigenvalue weighted by Crippen LogP contribution is 2.66. The van der Waals surface area contributed by atoms with Crippen molar-refractivity contribution < 1.29 is 57.8 Å². The van der Waals surface area contributed by atoms with Crippen molar-refractivity contribution in [1.29, 1.82) is 0 Å². The van der Waals surface area contributed by atoms with Crippen molar-refractivity contribution >= 4 is 59.1 Å². The first-order valence-corrected chi connectivity index (χ1v) is 29.6. The molecule has 6 unspecified atom stereocenters. The van der Waals surface area contributed by atoms with Gasteiger partial charge in [0.05, 0.1) is 43.0 Å². The number of ketones is 2. The number of nitrogens with one attached hydrogen (secondary N) is 6. The Hall–Kier alpha value is -6.16. The zero-order valence-corrected chi connectivity index (χ0v) is 51.5. The van der Waals surface area contributed by atoms with Crippen molar-refractivity contribution in [3.8, 4) is 0 Å². The minimum absolute atomic E-state index is 0.0990. The summed E-state index contributed by atoms with van der Waals surface area (Å²) >= 11 is 0. The summed E-state index contributed by atoms with van der Waals surface area (Å²) in [5, 5.41) is 26.3. The summed E-state index contributed by atoms with van der Waals surface area (Å²) in [6, 6.07) is 3.02. The predicted octanol–water partition coefficient (Wildman–Crippen LogP) is 3.59.